The lowest BCUT2D eigenvalue weighted by Gasteiger charge is -2.25. The van der Waals surface area contributed by atoms with E-state index in [9.17, 15) is 5.11 Å². The van der Waals surface area contributed by atoms with Crippen molar-refractivity contribution in [2.24, 2.45) is 0 Å². The third-order valence-corrected chi connectivity index (χ3v) is 3.28. The first kappa shape index (κ1) is 11.8. The maximum absolute atomic E-state index is 10.2. The molecule has 1 N–H and O–H groups in total. The number of rotatable bonds is 1. The van der Waals surface area contributed by atoms with Crippen LogP contribution in [0.15, 0.2) is 0 Å². The molecule has 0 aromatic heterocycles. The second-order valence-electron chi connectivity index (χ2n) is 5.14. The van der Waals surface area contributed by atoms with E-state index in [0.29, 0.717) is 6.61 Å². The molecule has 0 saturated carbocycles. The van der Waals surface area contributed by atoms with Gasteiger partial charge in [0.25, 0.3) is 0 Å². The van der Waals surface area contributed by atoms with Crippen molar-refractivity contribution in [1.82, 2.24) is 0 Å². The van der Waals surface area contributed by atoms with Crippen LogP contribution in [0.5, 0.6) is 0 Å². The fourth-order valence-corrected chi connectivity index (χ4v) is 2.55. The number of hydrogen-bond donors (Lipinski definition) is 1. The molecule has 1 unspecified atom stereocenters. The molecule has 17 heavy (non-hydrogen) atoms. The van der Waals surface area contributed by atoms with E-state index in [1.807, 2.05) is 6.92 Å². The predicted molar refractivity (Wildman–Crippen MR) is 55.0 cm³/mol. The number of fused-ring (bicyclic) bond motifs is 1. The zero-order valence-corrected chi connectivity index (χ0v) is 10.2. The van der Waals surface area contributed by atoms with Gasteiger partial charge in [-0.15, -0.1) is 0 Å². The monoisotopic (exact) mass is 246 g/mol. The largest absolute Gasteiger partial charge is 0.387 e. The van der Waals surface area contributed by atoms with Gasteiger partial charge in [-0.3, -0.25) is 0 Å². The zero-order valence-electron chi connectivity index (χ0n) is 10.2. The van der Waals surface area contributed by atoms with Crippen molar-refractivity contribution < 1.29 is 28.8 Å². The van der Waals surface area contributed by atoms with E-state index in [0.717, 1.165) is 0 Å². The highest BCUT2D eigenvalue weighted by Crippen LogP contribution is 2.39. The van der Waals surface area contributed by atoms with Crippen molar-refractivity contribution in [3.8, 4) is 0 Å². The Bertz CT molecular complexity index is 306. The van der Waals surface area contributed by atoms with Crippen molar-refractivity contribution in [2.75, 3.05) is 6.61 Å². The van der Waals surface area contributed by atoms with Gasteiger partial charge in [0.15, 0.2) is 18.4 Å². The Balaban J connectivity index is 1.68. The van der Waals surface area contributed by atoms with Crippen LogP contribution in [0.1, 0.15) is 20.8 Å². The smallest absolute Gasteiger partial charge is 0.190 e. The van der Waals surface area contributed by atoms with Crippen LogP contribution in [0, 0.1) is 0 Å². The van der Waals surface area contributed by atoms with Crippen LogP contribution in [-0.2, 0) is 23.7 Å². The van der Waals surface area contributed by atoms with Gasteiger partial charge < -0.3 is 28.8 Å². The van der Waals surface area contributed by atoms with Crippen LogP contribution < -0.4 is 0 Å². The molecular formula is C11H18O6. The Morgan fingerprint density at radius 3 is 2.47 bits per heavy atom. The number of aliphatic hydroxyl groups excluding tert-OH is 1. The highest BCUT2D eigenvalue weighted by atomic mass is 16.8. The molecule has 0 aromatic carbocycles. The average Bonchev–Trinajstić information content (AvgIpc) is 2.83. The Morgan fingerprint density at radius 1 is 1.12 bits per heavy atom. The average molecular weight is 246 g/mol. The summed E-state index contributed by atoms with van der Waals surface area (Å²) >= 11 is 0. The van der Waals surface area contributed by atoms with Gasteiger partial charge in [-0.05, 0) is 20.8 Å². The lowest BCUT2D eigenvalue weighted by Crippen LogP contribution is -2.42. The van der Waals surface area contributed by atoms with E-state index in [2.05, 4.69) is 0 Å². The minimum atomic E-state index is -0.749. The molecule has 98 valence electrons. The van der Waals surface area contributed by atoms with E-state index in [-0.39, 0.29) is 12.4 Å². The molecule has 0 spiro atoms. The lowest BCUT2D eigenvalue weighted by atomic mass is 10.1. The molecule has 3 aliphatic heterocycles. The summed E-state index contributed by atoms with van der Waals surface area (Å²) in [5.74, 6) is -0.707. The Labute approximate surface area is 99.7 Å². The highest BCUT2D eigenvalue weighted by Gasteiger charge is 2.57. The summed E-state index contributed by atoms with van der Waals surface area (Å²) in [5.41, 5.74) is 0. The number of hydrogen-bond acceptors (Lipinski definition) is 6. The summed E-state index contributed by atoms with van der Waals surface area (Å²) in [6.45, 7) is 5.84. The van der Waals surface area contributed by atoms with Crippen molar-refractivity contribution in [2.45, 2.75) is 63.6 Å². The van der Waals surface area contributed by atoms with Crippen LogP contribution >= 0.6 is 0 Å². The molecule has 6 heteroatoms. The standard InChI is InChI=1S/C11H18O6/c1-5-13-4-6(14-5)8-7(12)9-10(15-8)17-11(2,3)16-9/h5-10,12H,4H2,1-3H3/t5?,6-,7+,8-,9-,10-/m1/s1. The number of ether oxygens (including phenoxy) is 5. The molecule has 3 fully saturated rings. The maximum Gasteiger partial charge on any atom is 0.190 e. The van der Waals surface area contributed by atoms with Gasteiger partial charge in [-0.1, -0.05) is 0 Å². The van der Waals surface area contributed by atoms with Gasteiger partial charge in [-0.2, -0.15) is 0 Å². The van der Waals surface area contributed by atoms with Crippen LogP contribution in [0.4, 0.5) is 0 Å². The van der Waals surface area contributed by atoms with E-state index < -0.39 is 30.4 Å². The Hall–Kier alpha value is -0.240. The van der Waals surface area contributed by atoms with Gasteiger partial charge in [0.05, 0.1) is 6.61 Å². The first-order chi connectivity index (χ1) is 7.96. The minimum absolute atomic E-state index is 0.255. The molecule has 6 atom stereocenters. The van der Waals surface area contributed by atoms with Gasteiger partial charge >= 0.3 is 0 Å². The van der Waals surface area contributed by atoms with Gasteiger partial charge in [0, 0.05) is 0 Å². The Kier molecular flexibility index (Phi) is 2.70. The number of aliphatic hydroxyl groups is 1. The lowest BCUT2D eigenvalue weighted by molar-refractivity contribution is -0.227. The molecule has 0 aromatic rings. The van der Waals surface area contributed by atoms with E-state index in [1.54, 1.807) is 13.8 Å². The van der Waals surface area contributed by atoms with Gasteiger partial charge in [0.2, 0.25) is 0 Å². The summed E-state index contributed by atoms with van der Waals surface area (Å²) < 4.78 is 27.6. The summed E-state index contributed by atoms with van der Waals surface area (Å²) in [7, 11) is 0. The molecule has 3 aliphatic rings. The topological polar surface area (TPSA) is 66.4 Å². The molecule has 0 bridgehead atoms. The zero-order chi connectivity index (χ0) is 12.2. The third-order valence-electron chi connectivity index (χ3n) is 3.28. The first-order valence-electron chi connectivity index (χ1n) is 5.92. The van der Waals surface area contributed by atoms with Crippen molar-refractivity contribution in [3.05, 3.63) is 0 Å². The van der Waals surface area contributed by atoms with Crippen LogP contribution in [0.3, 0.4) is 0 Å². The van der Waals surface area contributed by atoms with Crippen molar-refractivity contribution >= 4 is 0 Å². The Morgan fingerprint density at radius 2 is 1.88 bits per heavy atom. The van der Waals surface area contributed by atoms with E-state index >= 15 is 0 Å². The van der Waals surface area contributed by atoms with Gasteiger partial charge in [0.1, 0.15) is 24.4 Å². The minimum Gasteiger partial charge on any atom is -0.387 e. The van der Waals surface area contributed by atoms with E-state index in [4.69, 9.17) is 23.7 Å². The molecule has 3 heterocycles. The molecule has 0 radical (unpaired) electrons. The van der Waals surface area contributed by atoms with Crippen LogP contribution in [0.25, 0.3) is 0 Å². The normalized spacial score (nSPS) is 52.9. The van der Waals surface area contributed by atoms with Crippen LogP contribution in [-0.4, -0.2) is 54.5 Å². The van der Waals surface area contributed by atoms with E-state index in [1.165, 1.54) is 0 Å². The molecule has 6 nitrogen and oxygen atoms in total. The fraction of sp³-hybridized carbons (Fsp3) is 1.00. The second kappa shape index (κ2) is 3.88. The quantitative estimate of drug-likeness (QED) is 0.701. The third kappa shape index (κ3) is 1.99. The van der Waals surface area contributed by atoms with Crippen molar-refractivity contribution in [3.63, 3.8) is 0 Å². The summed E-state index contributed by atoms with van der Waals surface area (Å²) in [5, 5.41) is 10.2. The summed E-state index contributed by atoms with van der Waals surface area (Å²) in [6.07, 6.45) is -2.69. The molecule has 0 aliphatic carbocycles. The van der Waals surface area contributed by atoms with Crippen LogP contribution in [0.2, 0.25) is 0 Å². The summed E-state index contributed by atoms with van der Waals surface area (Å²) in [4.78, 5) is 0. The molecule has 3 rings (SSSR count). The maximum atomic E-state index is 10.2. The fourth-order valence-electron chi connectivity index (χ4n) is 2.55. The second-order valence-corrected chi connectivity index (χ2v) is 5.14. The predicted octanol–water partition coefficient (Wildman–Crippen LogP) is -0.0149. The van der Waals surface area contributed by atoms with Gasteiger partial charge in [-0.25, -0.2) is 0 Å². The molecular weight excluding hydrogens is 228 g/mol. The summed E-state index contributed by atoms with van der Waals surface area (Å²) in [6, 6.07) is 0. The molecule has 3 saturated heterocycles. The highest BCUT2D eigenvalue weighted by molar-refractivity contribution is 4.96. The molecule has 0 amide bonds. The SMILES string of the molecule is CC1OC[C@H]([C@H]2O[C@@H]3OC(C)(C)O[C@@H]3[C@H]2O)O1. The van der Waals surface area contributed by atoms with Crippen molar-refractivity contribution in [1.29, 1.82) is 0 Å². The first-order valence-corrected chi connectivity index (χ1v) is 5.92.